The van der Waals surface area contributed by atoms with E-state index in [2.05, 4.69) is 15.1 Å². The second-order valence-corrected chi connectivity index (χ2v) is 4.90. The molecule has 102 valence electrons. The van der Waals surface area contributed by atoms with E-state index in [4.69, 9.17) is 8.83 Å². The van der Waals surface area contributed by atoms with Crippen molar-refractivity contribution in [3.63, 3.8) is 0 Å². The number of piperidine rings is 1. The molecule has 0 amide bonds. The Hall–Kier alpha value is -1.66. The van der Waals surface area contributed by atoms with Gasteiger partial charge in [-0.05, 0) is 37.4 Å². The molecule has 0 aromatic carbocycles. The largest absolute Gasteiger partial charge is 0.459 e. The highest BCUT2D eigenvalue weighted by Gasteiger charge is 2.21. The zero-order chi connectivity index (χ0) is 13.1. The molecular weight excluding hydrogens is 246 g/mol. The van der Waals surface area contributed by atoms with Crippen LogP contribution >= 0.6 is 0 Å². The van der Waals surface area contributed by atoms with E-state index in [-0.39, 0.29) is 6.61 Å². The predicted octanol–water partition coefficient (Wildman–Crippen LogP) is 1.53. The highest BCUT2D eigenvalue weighted by Crippen LogP contribution is 2.21. The summed E-state index contributed by atoms with van der Waals surface area (Å²) >= 11 is 0. The third-order valence-electron chi connectivity index (χ3n) is 3.42. The Bertz CT molecular complexity index is 509. The van der Waals surface area contributed by atoms with Crippen LogP contribution in [0.15, 0.2) is 27.2 Å². The molecule has 6 heteroatoms. The maximum Gasteiger partial charge on any atom is 0.283 e. The average molecular weight is 263 g/mol. The molecule has 3 heterocycles. The summed E-state index contributed by atoms with van der Waals surface area (Å²) in [5, 5.41) is 17.2. The number of rotatable bonds is 4. The van der Waals surface area contributed by atoms with Crippen molar-refractivity contribution < 1.29 is 13.9 Å². The van der Waals surface area contributed by atoms with E-state index < -0.39 is 0 Å². The first-order valence-electron chi connectivity index (χ1n) is 6.54. The van der Waals surface area contributed by atoms with Gasteiger partial charge in [0.2, 0.25) is 5.89 Å². The van der Waals surface area contributed by atoms with Crippen LogP contribution in [0.3, 0.4) is 0 Å². The fourth-order valence-electron chi connectivity index (χ4n) is 2.45. The highest BCUT2D eigenvalue weighted by molar-refractivity contribution is 5.42. The van der Waals surface area contributed by atoms with E-state index >= 15 is 0 Å². The van der Waals surface area contributed by atoms with Gasteiger partial charge in [0.1, 0.15) is 0 Å². The van der Waals surface area contributed by atoms with Crippen LogP contribution in [-0.4, -0.2) is 39.9 Å². The summed E-state index contributed by atoms with van der Waals surface area (Å²) in [5.74, 6) is 1.95. The molecule has 2 aromatic rings. The lowest BCUT2D eigenvalue weighted by Crippen LogP contribution is -2.36. The molecule has 0 aliphatic carbocycles. The number of aromatic nitrogens is 2. The smallest absolute Gasteiger partial charge is 0.283 e. The summed E-state index contributed by atoms with van der Waals surface area (Å²) in [7, 11) is 0. The van der Waals surface area contributed by atoms with Gasteiger partial charge in [0.25, 0.3) is 5.89 Å². The molecule has 6 nitrogen and oxygen atoms in total. The summed E-state index contributed by atoms with van der Waals surface area (Å²) < 4.78 is 10.8. The fourth-order valence-corrected chi connectivity index (χ4v) is 2.45. The SMILES string of the molecule is OCC1CCCN(Cc2nnc(-c3ccco3)o2)C1. The molecule has 2 aromatic heterocycles. The maximum absolute atomic E-state index is 9.21. The Morgan fingerprint density at radius 2 is 2.37 bits per heavy atom. The first-order chi connectivity index (χ1) is 9.35. The van der Waals surface area contributed by atoms with E-state index in [1.807, 2.05) is 0 Å². The summed E-state index contributed by atoms with van der Waals surface area (Å²) in [6.07, 6.45) is 3.77. The second-order valence-electron chi connectivity index (χ2n) is 4.90. The lowest BCUT2D eigenvalue weighted by atomic mass is 9.99. The summed E-state index contributed by atoms with van der Waals surface area (Å²) in [5.41, 5.74) is 0. The standard InChI is InChI=1S/C13H17N3O3/c17-9-10-3-1-5-16(7-10)8-12-14-15-13(19-12)11-4-2-6-18-11/h2,4,6,10,17H,1,3,5,7-9H2. The summed E-state index contributed by atoms with van der Waals surface area (Å²) in [6.45, 7) is 2.77. The van der Waals surface area contributed by atoms with Crippen molar-refractivity contribution in [1.82, 2.24) is 15.1 Å². The van der Waals surface area contributed by atoms with Crippen LogP contribution in [0, 0.1) is 5.92 Å². The van der Waals surface area contributed by atoms with E-state index in [1.165, 1.54) is 0 Å². The molecule has 1 aliphatic rings. The Labute approximate surface area is 111 Å². The van der Waals surface area contributed by atoms with Gasteiger partial charge in [0.15, 0.2) is 5.76 Å². The number of aliphatic hydroxyl groups is 1. The van der Waals surface area contributed by atoms with Crippen molar-refractivity contribution >= 4 is 0 Å². The molecular formula is C13H17N3O3. The number of aliphatic hydroxyl groups excluding tert-OH is 1. The second kappa shape index (κ2) is 5.54. The first kappa shape index (κ1) is 12.4. The monoisotopic (exact) mass is 263 g/mol. The molecule has 1 aliphatic heterocycles. The quantitative estimate of drug-likeness (QED) is 0.901. The van der Waals surface area contributed by atoms with Gasteiger partial charge >= 0.3 is 0 Å². The molecule has 0 saturated carbocycles. The number of furan rings is 1. The fraction of sp³-hybridized carbons (Fsp3) is 0.538. The van der Waals surface area contributed by atoms with Crippen LogP contribution < -0.4 is 0 Å². The lowest BCUT2D eigenvalue weighted by molar-refractivity contribution is 0.109. The molecule has 0 bridgehead atoms. The lowest BCUT2D eigenvalue weighted by Gasteiger charge is -2.30. The Balaban J connectivity index is 1.64. The third kappa shape index (κ3) is 2.85. The van der Waals surface area contributed by atoms with Crippen molar-refractivity contribution in [3.05, 3.63) is 24.3 Å². The highest BCUT2D eigenvalue weighted by atomic mass is 16.4. The number of hydrogen-bond acceptors (Lipinski definition) is 6. The van der Waals surface area contributed by atoms with E-state index in [1.54, 1.807) is 18.4 Å². The molecule has 1 unspecified atom stereocenters. The minimum atomic E-state index is 0.248. The maximum atomic E-state index is 9.21. The van der Waals surface area contributed by atoms with Gasteiger partial charge in [-0.2, -0.15) is 0 Å². The van der Waals surface area contributed by atoms with Crippen LogP contribution in [0.25, 0.3) is 11.7 Å². The molecule has 1 atom stereocenters. The van der Waals surface area contributed by atoms with Crippen molar-refractivity contribution in [3.8, 4) is 11.7 Å². The predicted molar refractivity (Wildman–Crippen MR) is 67.1 cm³/mol. The van der Waals surface area contributed by atoms with Crippen molar-refractivity contribution in [2.45, 2.75) is 19.4 Å². The third-order valence-corrected chi connectivity index (χ3v) is 3.42. The van der Waals surface area contributed by atoms with E-state index in [0.717, 1.165) is 25.9 Å². The summed E-state index contributed by atoms with van der Waals surface area (Å²) in [6, 6.07) is 3.58. The van der Waals surface area contributed by atoms with Gasteiger partial charge in [-0.25, -0.2) is 0 Å². The van der Waals surface area contributed by atoms with Gasteiger partial charge in [-0.1, -0.05) is 0 Å². The van der Waals surface area contributed by atoms with Crippen molar-refractivity contribution in [2.75, 3.05) is 19.7 Å². The van der Waals surface area contributed by atoms with Crippen molar-refractivity contribution in [2.24, 2.45) is 5.92 Å². The van der Waals surface area contributed by atoms with Gasteiger partial charge in [0, 0.05) is 13.2 Å². The van der Waals surface area contributed by atoms with Gasteiger partial charge in [0.05, 0.1) is 12.8 Å². The van der Waals surface area contributed by atoms with Crippen LogP contribution in [0.5, 0.6) is 0 Å². The van der Waals surface area contributed by atoms with Crippen LogP contribution in [0.2, 0.25) is 0 Å². The van der Waals surface area contributed by atoms with Crippen LogP contribution in [0.4, 0.5) is 0 Å². The van der Waals surface area contributed by atoms with Crippen molar-refractivity contribution in [1.29, 1.82) is 0 Å². The van der Waals surface area contributed by atoms with Gasteiger partial charge in [-0.3, -0.25) is 4.90 Å². The van der Waals surface area contributed by atoms with Crippen LogP contribution in [-0.2, 0) is 6.54 Å². The molecule has 1 N–H and O–H groups in total. The molecule has 1 saturated heterocycles. The topological polar surface area (TPSA) is 75.5 Å². The average Bonchev–Trinajstić information content (AvgIpc) is 3.09. The molecule has 0 spiro atoms. The van der Waals surface area contributed by atoms with Gasteiger partial charge < -0.3 is 13.9 Å². The minimum absolute atomic E-state index is 0.248. The molecule has 19 heavy (non-hydrogen) atoms. The minimum Gasteiger partial charge on any atom is -0.459 e. The molecule has 3 rings (SSSR count). The van der Waals surface area contributed by atoms with Crippen LogP contribution in [0.1, 0.15) is 18.7 Å². The zero-order valence-corrected chi connectivity index (χ0v) is 10.7. The van der Waals surface area contributed by atoms with E-state index in [9.17, 15) is 5.11 Å². The Kier molecular flexibility index (Phi) is 3.61. The number of likely N-dealkylation sites (tertiary alicyclic amines) is 1. The Morgan fingerprint density at radius 1 is 1.42 bits per heavy atom. The van der Waals surface area contributed by atoms with E-state index in [0.29, 0.717) is 30.0 Å². The van der Waals surface area contributed by atoms with Gasteiger partial charge in [-0.15, -0.1) is 10.2 Å². The number of hydrogen-bond donors (Lipinski definition) is 1. The summed E-state index contributed by atoms with van der Waals surface area (Å²) in [4.78, 5) is 2.24. The first-order valence-corrected chi connectivity index (χ1v) is 6.54. The zero-order valence-electron chi connectivity index (χ0n) is 10.7. The Morgan fingerprint density at radius 3 is 3.16 bits per heavy atom. The molecule has 1 fully saturated rings. The normalized spacial score (nSPS) is 20.8. The number of nitrogens with zero attached hydrogens (tertiary/aromatic N) is 3. The molecule has 0 radical (unpaired) electrons.